The first-order chi connectivity index (χ1) is 36.0. The molecule has 8 aliphatic rings. The lowest BCUT2D eigenvalue weighted by Gasteiger charge is -2.33. The average Bonchev–Trinajstić information content (AvgIpc) is 4.25. The largest absolute Gasteiger partial charge is 0.469 e. The van der Waals surface area contributed by atoms with Crippen molar-refractivity contribution in [3.8, 4) is 0 Å². The summed E-state index contributed by atoms with van der Waals surface area (Å²) in [5, 5.41) is 11.7. The van der Waals surface area contributed by atoms with Crippen molar-refractivity contribution in [1.82, 2.24) is 21.3 Å². The summed E-state index contributed by atoms with van der Waals surface area (Å²) in [4.78, 5) is 70.7. The van der Waals surface area contributed by atoms with Crippen molar-refractivity contribution in [1.29, 1.82) is 0 Å². The van der Waals surface area contributed by atoms with E-state index in [0.29, 0.717) is 0 Å². The molecule has 27 heteroatoms. The summed E-state index contributed by atoms with van der Waals surface area (Å²) in [7, 11) is 6.95. The van der Waals surface area contributed by atoms with Crippen LogP contribution in [0.3, 0.4) is 0 Å². The molecule has 0 aromatic rings. The van der Waals surface area contributed by atoms with Gasteiger partial charge in [0.15, 0.2) is 48.3 Å². The van der Waals surface area contributed by atoms with Gasteiger partial charge in [-0.3, -0.25) is 19.2 Å². The number of hydrogen-bond acceptors (Lipinski definition) is 23. The van der Waals surface area contributed by atoms with Gasteiger partial charge in [0.05, 0.1) is 37.7 Å². The van der Waals surface area contributed by atoms with E-state index in [-0.39, 0.29) is 6.42 Å². The fourth-order valence-corrected chi connectivity index (χ4v) is 11.5. The molecule has 8 saturated heterocycles. The minimum atomic E-state index is -1.20. The summed E-state index contributed by atoms with van der Waals surface area (Å²) < 4.78 is 108. The lowest BCUT2D eigenvalue weighted by molar-refractivity contribution is -0.230. The molecule has 0 aromatic heterocycles. The summed E-state index contributed by atoms with van der Waals surface area (Å²) in [6, 6.07) is -4.54. The van der Waals surface area contributed by atoms with Gasteiger partial charge in [-0.25, -0.2) is 4.79 Å². The second-order valence-corrected chi connectivity index (χ2v) is 23.2. The Bertz CT molecular complexity index is 2140. The van der Waals surface area contributed by atoms with E-state index in [2.05, 4.69) is 21.3 Å². The highest BCUT2D eigenvalue weighted by atomic mass is 16.8. The van der Waals surface area contributed by atoms with E-state index in [1.54, 1.807) is 76.2 Å². The average molecular weight is 1110 g/mol. The number of nitrogens with one attached hydrogen (secondary N) is 4. The Labute approximate surface area is 448 Å². The predicted octanol–water partition coefficient (Wildman–Crippen LogP) is 0.633. The van der Waals surface area contributed by atoms with E-state index < -0.39 is 200 Å². The number of rotatable bonds is 20. The maximum Gasteiger partial charge on any atom is 0.407 e. The Morgan fingerprint density at radius 2 is 0.649 bits per heavy atom. The molecule has 0 saturated carbocycles. The number of hydrogen-bond donors (Lipinski definition) is 4. The third kappa shape index (κ3) is 13.5. The minimum Gasteiger partial charge on any atom is -0.469 e. The van der Waals surface area contributed by atoms with Gasteiger partial charge in [-0.1, -0.05) is 0 Å². The van der Waals surface area contributed by atoms with Gasteiger partial charge in [0.25, 0.3) is 0 Å². The van der Waals surface area contributed by atoms with Crippen molar-refractivity contribution in [3.05, 3.63) is 0 Å². The topological polar surface area (TPSA) is 300 Å². The van der Waals surface area contributed by atoms with Gasteiger partial charge in [-0.2, -0.15) is 0 Å². The van der Waals surface area contributed by atoms with Crippen molar-refractivity contribution in [2.75, 3.05) is 35.5 Å². The van der Waals surface area contributed by atoms with Gasteiger partial charge >= 0.3 is 12.1 Å². The molecule has 20 atom stereocenters. The van der Waals surface area contributed by atoms with Crippen LogP contribution in [0, 0.1) is 0 Å². The molecule has 0 aliphatic carbocycles. The molecule has 438 valence electrons. The summed E-state index contributed by atoms with van der Waals surface area (Å²) in [5.41, 5.74) is -0.909. The highest BCUT2D eigenvalue weighted by molar-refractivity contribution is 5.83. The molecule has 8 heterocycles. The number of carbonyl (C=O) groups excluding carboxylic acids is 5. The molecule has 0 bridgehead atoms. The smallest absolute Gasteiger partial charge is 0.407 e. The quantitative estimate of drug-likeness (QED) is 0.122. The molecule has 4 N–H and O–H groups in total. The van der Waals surface area contributed by atoms with Gasteiger partial charge in [0, 0.05) is 47.7 Å². The van der Waals surface area contributed by atoms with Crippen LogP contribution >= 0.6 is 0 Å². The van der Waals surface area contributed by atoms with Crippen LogP contribution in [-0.4, -0.2) is 217 Å². The molecular weight excluding hydrogens is 1020 g/mol. The van der Waals surface area contributed by atoms with Gasteiger partial charge in [-0.05, 0) is 76.2 Å². The summed E-state index contributed by atoms with van der Waals surface area (Å²) in [6.45, 7) is 18.9. The Morgan fingerprint density at radius 1 is 0.403 bits per heavy atom. The Hall–Kier alpha value is -3.49. The van der Waals surface area contributed by atoms with Crippen molar-refractivity contribution < 1.29 is 109 Å². The molecule has 8 fully saturated rings. The lowest BCUT2D eigenvalue weighted by Crippen LogP contribution is -2.56. The van der Waals surface area contributed by atoms with Crippen molar-refractivity contribution in [3.63, 3.8) is 0 Å². The summed E-state index contributed by atoms with van der Waals surface area (Å²) in [5.74, 6) is -6.96. The maximum atomic E-state index is 14.9. The van der Waals surface area contributed by atoms with Crippen LogP contribution in [0.25, 0.3) is 0 Å². The molecule has 0 aromatic carbocycles. The lowest BCUT2D eigenvalue weighted by atomic mass is 9.96. The summed E-state index contributed by atoms with van der Waals surface area (Å²) in [6.07, 6.45) is -16.6. The first-order valence-corrected chi connectivity index (χ1v) is 26.1. The monoisotopic (exact) mass is 1100 g/mol. The third-order valence-electron chi connectivity index (χ3n) is 14.3. The zero-order chi connectivity index (χ0) is 56.3. The van der Waals surface area contributed by atoms with Crippen LogP contribution in [0.4, 0.5) is 4.79 Å². The fraction of sp³-hybridized carbons (Fsp3) is 0.900. The maximum absolute atomic E-state index is 14.9. The molecule has 77 heavy (non-hydrogen) atoms. The normalized spacial score (nSPS) is 38.4. The van der Waals surface area contributed by atoms with Crippen molar-refractivity contribution in [2.45, 2.75) is 253 Å². The van der Waals surface area contributed by atoms with Crippen LogP contribution in [0.2, 0.25) is 0 Å². The van der Waals surface area contributed by atoms with E-state index in [1.165, 1.54) is 35.5 Å². The molecular formula is C50H80N4O23. The minimum absolute atomic E-state index is 0.334. The molecule has 4 amide bonds. The van der Waals surface area contributed by atoms with Crippen LogP contribution in [0.1, 0.15) is 102 Å². The highest BCUT2D eigenvalue weighted by Crippen LogP contribution is 2.45. The third-order valence-corrected chi connectivity index (χ3v) is 14.3. The van der Waals surface area contributed by atoms with Gasteiger partial charge < -0.3 is 107 Å². The van der Waals surface area contributed by atoms with E-state index in [4.69, 9.17) is 85.3 Å². The zero-order valence-corrected chi connectivity index (χ0v) is 46.8. The second kappa shape index (κ2) is 22.8. The number of carbonyl (C=O) groups is 5. The Morgan fingerprint density at radius 3 is 0.896 bits per heavy atom. The van der Waals surface area contributed by atoms with Gasteiger partial charge in [0.2, 0.25) is 17.7 Å². The van der Waals surface area contributed by atoms with E-state index in [1.807, 2.05) is 0 Å². The molecule has 0 unspecified atom stereocenters. The van der Waals surface area contributed by atoms with E-state index in [0.717, 1.165) is 0 Å². The molecule has 27 nitrogen and oxygen atoms in total. The van der Waals surface area contributed by atoms with Crippen LogP contribution in [0.15, 0.2) is 0 Å². The molecule has 8 rings (SSSR count). The van der Waals surface area contributed by atoms with Crippen LogP contribution in [-0.2, 0) is 104 Å². The number of ether oxygens (including phenoxy) is 18. The molecule has 0 radical (unpaired) electrons. The number of esters is 1. The number of alkyl carbamates (subject to hydrolysis) is 1. The van der Waals surface area contributed by atoms with Crippen molar-refractivity contribution >= 4 is 29.8 Å². The van der Waals surface area contributed by atoms with Crippen LogP contribution < -0.4 is 21.3 Å². The molecule has 8 aliphatic heterocycles. The SMILES string of the molecule is COC(=O)C[C@H](NC(=O)C[C@H](NC(=O)C[C@H](NC(=O)C[C@H](NC(=O)OC(C)(C)C)[C@H]1O[C@H](OC)[C@H]2OC(C)(C)O[C@H]21)[C@H]1O[C@H](OC)[C@H]2OC(C)(C)O[C@H]21)[C@H]1O[C@H](OC)[C@H]2OC(C)(C)O[C@H]21)[C@H]1O[C@H](OC)[C@H]2OC(C)(C)O[C@H]21. The summed E-state index contributed by atoms with van der Waals surface area (Å²) >= 11 is 0. The Balaban J connectivity index is 1.07. The first-order valence-electron chi connectivity index (χ1n) is 26.1. The van der Waals surface area contributed by atoms with E-state index >= 15 is 0 Å². The van der Waals surface area contributed by atoms with E-state index in [9.17, 15) is 24.0 Å². The number of amides is 4. The zero-order valence-electron chi connectivity index (χ0n) is 46.8. The highest BCUT2D eigenvalue weighted by Gasteiger charge is 2.62. The standard InChI is InChI=1S/C50H80N4O23/c1-46(2,3)77-45(59)54-23(31-35-39(43(63-15)67-31)75-49(8,9)71-35)19-27(57)52-21(29-33-37(41(61-13)65-29)73-47(4,5)69-33)17-25(55)51-22(30-34-38(42(62-14)66-30)74-48(6,7)70-34)18-26(56)53-24(20-28(58)60-12)32-36-40(44(64-16)68-32)76-50(10,11)72-36/h21-24,29-44H,17-20H2,1-16H3,(H,51,55)(H,52,57)(H,53,56)(H,54,59)/t21-,22-,23-,24-,29+,30+,31+,32+,33-,34-,35-,36-,37-,38-,39-,40-,41-,42-,43-,44-/m0/s1. The second-order valence-electron chi connectivity index (χ2n) is 23.2. The Kier molecular flexibility index (Phi) is 17.7. The fourth-order valence-electron chi connectivity index (χ4n) is 11.5. The number of fused-ring (bicyclic) bond motifs is 4. The van der Waals surface area contributed by atoms with Crippen molar-refractivity contribution in [2.24, 2.45) is 0 Å². The predicted molar refractivity (Wildman–Crippen MR) is 257 cm³/mol. The van der Waals surface area contributed by atoms with Gasteiger partial charge in [-0.15, -0.1) is 0 Å². The first kappa shape index (κ1) is 59.6. The number of methoxy groups -OCH3 is 5. The van der Waals surface area contributed by atoms with Crippen LogP contribution in [0.5, 0.6) is 0 Å². The molecule has 0 spiro atoms. The van der Waals surface area contributed by atoms with Gasteiger partial charge in [0.1, 0.15) is 78.8 Å².